The lowest BCUT2D eigenvalue weighted by Crippen LogP contribution is -2.27. The third kappa shape index (κ3) is 4.55. The number of carbonyl (C=O) groups excluding carboxylic acids is 2. The van der Waals surface area contributed by atoms with Gasteiger partial charge in [0.05, 0.1) is 17.2 Å². The van der Waals surface area contributed by atoms with Gasteiger partial charge in [-0.25, -0.2) is 19.6 Å². The highest BCUT2D eigenvalue weighted by atomic mass is 16.3. The van der Waals surface area contributed by atoms with Gasteiger partial charge in [0.15, 0.2) is 23.6 Å². The maximum atomic E-state index is 13.1. The topological polar surface area (TPSA) is 154 Å². The minimum absolute atomic E-state index is 0.0716. The van der Waals surface area contributed by atoms with Crippen molar-refractivity contribution in [2.75, 3.05) is 5.73 Å². The van der Waals surface area contributed by atoms with Crippen molar-refractivity contribution in [1.82, 2.24) is 34.6 Å². The summed E-state index contributed by atoms with van der Waals surface area (Å²) in [5.74, 6) is 1.21. The van der Waals surface area contributed by atoms with Gasteiger partial charge in [-0.1, -0.05) is 13.0 Å². The molecule has 4 aromatic heterocycles. The number of phenolic OH excluding ortho intramolecular Hbond substituents is 1. The Morgan fingerprint density at radius 2 is 2.00 bits per heavy atom. The maximum absolute atomic E-state index is 13.1. The van der Waals surface area contributed by atoms with Crippen LogP contribution in [0.25, 0.3) is 34.1 Å². The number of aldehydes is 1. The van der Waals surface area contributed by atoms with E-state index >= 15 is 0 Å². The zero-order chi connectivity index (χ0) is 30.4. The van der Waals surface area contributed by atoms with Crippen molar-refractivity contribution < 1.29 is 14.7 Å². The fourth-order valence-corrected chi connectivity index (χ4v) is 5.84. The summed E-state index contributed by atoms with van der Waals surface area (Å²) in [6.45, 7) is 2.08. The van der Waals surface area contributed by atoms with Crippen LogP contribution in [0.15, 0.2) is 79.3 Å². The van der Waals surface area contributed by atoms with Gasteiger partial charge in [-0.15, -0.1) is 0 Å². The molecule has 11 nitrogen and oxygen atoms in total. The number of nitrogens with one attached hydrogen (secondary N) is 1. The number of hydrogen-bond acceptors (Lipinski definition) is 8. The summed E-state index contributed by atoms with van der Waals surface area (Å²) in [6.07, 6.45) is 7.98. The number of nitrogens with zero attached hydrogens (tertiary/aromatic N) is 6. The first-order valence-electron chi connectivity index (χ1n) is 14.3. The maximum Gasteiger partial charge on any atom is 0.251 e. The van der Waals surface area contributed by atoms with Crippen molar-refractivity contribution in [3.63, 3.8) is 0 Å². The molecule has 0 fully saturated rings. The molecule has 44 heavy (non-hydrogen) atoms. The van der Waals surface area contributed by atoms with E-state index in [0.717, 1.165) is 47.2 Å². The number of aryl methyl sites for hydroxylation is 2. The highest BCUT2D eigenvalue weighted by molar-refractivity contribution is 5.96. The lowest BCUT2D eigenvalue weighted by atomic mass is 10.1. The zero-order valence-corrected chi connectivity index (χ0v) is 23.8. The molecular weight excluding hydrogens is 556 g/mol. The lowest BCUT2D eigenvalue weighted by Gasteiger charge is -2.16. The van der Waals surface area contributed by atoms with Crippen LogP contribution in [0.2, 0.25) is 0 Å². The second-order valence-electron chi connectivity index (χ2n) is 10.7. The summed E-state index contributed by atoms with van der Waals surface area (Å²) in [5.41, 5.74) is 12.9. The average Bonchev–Trinajstić information content (AvgIpc) is 3.80. The molecule has 0 saturated heterocycles. The third-order valence-electron chi connectivity index (χ3n) is 8.07. The second kappa shape index (κ2) is 10.8. The van der Waals surface area contributed by atoms with E-state index in [1.807, 2.05) is 47.2 Å². The molecule has 1 atom stereocenters. The van der Waals surface area contributed by atoms with E-state index in [1.54, 1.807) is 17.1 Å². The summed E-state index contributed by atoms with van der Waals surface area (Å²) >= 11 is 0. The van der Waals surface area contributed by atoms with E-state index in [0.29, 0.717) is 40.5 Å². The van der Waals surface area contributed by atoms with Crippen LogP contribution in [-0.2, 0) is 12.8 Å². The summed E-state index contributed by atoms with van der Waals surface area (Å²) in [4.78, 5) is 38.7. The minimum atomic E-state index is -0.313. The Balaban J connectivity index is 1.32. The van der Waals surface area contributed by atoms with Crippen molar-refractivity contribution in [1.29, 1.82) is 0 Å². The predicted octanol–water partition coefficient (Wildman–Crippen LogP) is 4.75. The van der Waals surface area contributed by atoms with Gasteiger partial charge in [-0.2, -0.15) is 5.10 Å². The quantitative estimate of drug-likeness (QED) is 0.227. The molecule has 11 heteroatoms. The van der Waals surface area contributed by atoms with Gasteiger partial charge >= 0.3 is 0 Å². The first-order chi connectivity index (χ1) is 21.4. The molecule has 0 unspecified atom stereocenters. The number of benzene rings is 2. The van der Waals surface area contributed by atoms with Gasteiger partial charge in [0.25, 0.3) is 5.91 Å². The molecule has 4 heterocycles. The first kappa shape index (κ1) is 27.0. The molecule has 0 bridgehead atoms. The Labute approximate surface area is 252 Å². The van der Waals surface area contributed by atoms with Crippen molar-refractivity contribution >= 4 is 29.2 Å². The summed E-state index contributed by atoms with van der Waals surface area (Å²) < 4.78 is 3.74. The Kier molecular flexibility index (Phi) is 6.62. The highest BCUT2D eigenvalue weighted by Gasteiger charge is 2.27. The molecular formula is C33H28N8O3. The molecule has 4 N–H and O–H groups in total. The highest BCUT2D eigenvalue weighted by Crippen LogP contribution is 2.37. The lowest BCUT2D eigenvalue weighted by molar-refractivity contribution is 0.0936. The van der Waals surface area contributed by atoms with Gasteiger partial charge in [0.1, 0.15) is 17.1 Å². The van der Waals surface area contributed by atoms with Crippen LogP contribution >= 0.6 is 0 Å². The molecule has 2 aromatic carbocycles. The van der Waals surface area contributed by atoms with Gasteiger partial charge in [0, 0.05) is 29.8 Å². The molecule has 218 valence electrons. The average molecular weight is 585 g/mol. The van der Waals surface area contributed by atoms with Crippen molar-refractivity contribution in [3.8, 4) is 28.6 Å². The molecule has 6 aromatic rings. The predicted molar refractivity (Wildman–Crippen MR) is 165 cm³/mol. The monoisotopic (exact) mass is 584 g/mol. The van der Waals surface area contributed by atoms with Gasteiger partial charge in [-0.3, -0.25) is 14.2 Å². The van der Waals surface area contributed by atoms with Crippen molar-refractivity contribution in [2.24, 2.45) is 0 Å². The van der Waals surface area contributed by atoms with Crippen LogP contribution in [0, 0.1) is 0 Å². The number of hydrogen-bond donors (Lipinski definition) is 3. The standard InChI is InChI=1S/C33H28N8O3/c1-2-19-17-28(40-14-4-13-36-40)38-32-29(19)39-31(25-5-3-12-35-30(25)34)41(32)23-8-9-24-20(16-23)6-10-26(24)37-33(44)21-7-11-27(43)22(15-21)18-42/h3-5,7-9,11-18,26,43H,2,6,10H2,1H3,(H2,34,35)(H,37,44)/t26-/m0/s1. The van der Waals surface area contributed by atoms with E-state index in [-0.39, 0.29) is 23.3 Å². The molecule has 0 spiro atoms. The number of nitrogen functional groups attached to an aromatic ring is 1. The van der Waals surface area contributed by atoms with Crippen LogP contribution in [0.1, 0.15) is 56.8 Å². The second-order valence-corrected chi connectivity index (χ2v) is 10.7. The molecule has 0 aliphatic heterocycles. The number of phenols is 1. The van der Waals surface area contributed by atoms with E-state index in [1.165, 1.54) is 18.2 Å². The number of fused-ring (bicyclic) bond motifs is 2. The zero-order valence-electron chi connectivity index (χ0n) is 23.8. The largest absolute Gasteiger partial charge is 0.507 e. The van der Waals surface area contributed by atoms with E-state index in [9.17, 15) is 14.7 Å². The van der Waals surface area contributed by atoms with Crippen LogP contribution in [-0.4, -0.2) is 46.6 Å². The van der Waals surface area contributed by atoms with Crippen molar-refractivity contribution in [3.05, 3.63) is 107 Å². The minimum Gasteiger partial charge on any atom is -0.507 e. The summed E-state index contributed by atoms with van der Waals surface area (Å²) in [7, 11) is 0. The molecule has 0 radical (unpaired) electrons. The van der Waals surface area contributed by atoms with Gasteiger partial charge < -0.3 is 16.2 Å². The molecule has 7 rings (SSSR count). The van der Waals surface area contributed by atoms with Gasteiger partial charge in [-0.05, 0) is 90.6 Å². The van der Waals surface area contributed by atoms with E-state index in [2.05, 4.69) is 28.4 Å². The van der Waals surface area contributed by atoms with Crippen LogP contribution in [0.3, 0.4) is 0 Å². The number of amides is 1. The number of imidazole rings is 1. The summed E-state index contributed by atoms with van der Waals surface area (Å²) in [5, 5.41) is 17.3. The Hall–Kier alpha value is -5.84. The molecule has 0 saturated carbocycles. The molecule has 1 aliphatic rings. The molecule has 1 amide bonds. The Morgan fingerprint density at radius 1 is 1.11 bits per heavy atom. The van der Waals surface area contributed by atoms with Crippen LogP contribution in [0.5, 0.6) is 5.75 Å². The smallest absolute Gasteiger partial charge is 0.251 e. The first-order valence-corrected chi connectivity index (χ1v) is 14.3. The fraction of sp³-hybridized carbons (Fsp3) is 0.152. The number of rotatable bonds is 7. The third-order valence-corrected chi connectivity index (χ3v) is 8.07. The number of nitrogens with two attached hydrogens (primary N) is 1. The van der Waals surface area contributed by atoms with Crippen LogP contribution < -0.4 is 11.1 Å². The number of anilines is 1. The fourth-order valence-electron chi connectivity index (χ4n) is 5.84. The number of aromatic nitrogens is 6. The SMILES string of the molecule is CCc1cc(-n2cccn2)nc2c1nc(-c1cccnc1N)n2-c1ccc2c(c1)CC[C@@H]2NC(=O)c1ccc(O)c(C=O)c1. The summed E-state index contributed by atoms with van der Waals surface area (Å²) in [6, 6.07) is 17.8. The Bertz CT molecular complexity index is 2070. The van der Waals surface area contributed by atoms with Crippen molar-refractivity contribution in [2.45, 2.75) is 32.2 Å². The molecule has 1 aliphatic carbocycles. The Morgan fingerprint density at radius 3 is 2.77 bits per heavy atom. The van der Waals surface area contributed by atoms with E-state index in [4.69, 9.17) is 15.7 Å². The number of aromatic hydroxyl groups is 1. The van der Waals surface area contributed by atoms with Crippen LogP contribution in [0.4, 0.5) is 5.82 Å². The normalized spacial score (nSPS) is 14.1. The number of pyridine rings is 2. The van der Waals surface area contributed by atoms with E-state index < -0.39 is 0 Å². The number of carbonyl (C=O) groups is 2. The van der Waals surface area contributed by atoms with Gasteiger partial charge in [0.2, 0.25) is 0 Å².